The fourth-order valence-corrected chi connectivity index (χ4v) is 2.94. The van der Waals surface area contributed by atoms with E-state index < -0.39 is 0 Å². The van der Waals surface area contributed by atoms with Gasteiger partial charge < -0.3 is 20.4 Å². The highest BCUT2D eigenvalue weighted by atomic mass is 79.9. The number of nitrogens with one attached hydrogen (secondary N) is 1. The number of nitrogens with zero attached hydrogens (tertiary/aromatic N) is 1. The minimum atomic E-state index is -0.324. The lowest BCUT2D eigenvalue weighted by Gasteiger charge is -2.15. The molecular weight excluding hydrogens is 374 g/mol. The summed E-state index contributed by atoms with van der Waals surface area (Å²) in [5.41, 5.74) is 7.37. The van der Waals surface area contributed by atoms with E-state index in [9.17, 15) is 9.59 Å². The number of anilines is 1. The zero-order valence-electron chi connectivity index (χ0n) is 13.0. The van der Waals surface area contributed by atoms with Crippen molar-refractivity contribution in [3.63, 3.8) is 0 Å². The van der Waals surface area contributed by atoms with Crippen LogP contribution in [0, 0.1) is 0 Å². The lowest BCUT2D eigenvalue weighted by Crippen LogP contribution is -2.32. The van der Waals surface area contributed by atoms with Gasteiger partial charge in [0.2, 0.25) is 5.91 Å². The van der Waals surface area contributed by atoms with Crippen LogP contribution in [-0.4, -0.2) is 35.8 Å². The first-order valence-corrected chi connectivity index (χ1v) is 8.49. The second-order valence-corrected chi connectivity index (χ2v) is 6.60. The third kappa shape index (κ3) is 4.04. The lowest BCUT2D eigenvalue weighted by atomic mass is 10.1. The number of furan rings is 1. The van der Waals surface area contributed by atoms with E-state index in [1.165, 1.54) is 0 Å². The standard InChI is InChI=1S/C17H18BrN3O3/c18-15-6-5-14(24-15)17(23)20-13-3-1-11(2-4-13)9-16(22)21-8-7-12(19)10-21/h1-6,12H,7-10,19H2,(H,20,23)/t12-/m1/s1. The number of hydrogen-bond donors (Lipinski definition) is 2. The Balaban J connectivity index is 1.57. The summed E-state index contributed by atoms with van der Waals surface area (Å²) in [5, 5.41) is 2.75. The zero-order chi connectivity index (χ0) is 17.1. The molecule has 3 N–H and O–H groups in total. The molecule has 24 heavy (non-hydrogen) atoms. The van der Waals surface area contributed by atoms with E-state index in [2.05, 4.69) is 21.2 Å². The number of amides is 2. The van der Waals surface area contributed by atoms with Gasteiger partial charge in [0.25, 0.3) is 5.91 Å². The van der Waals surface area contributed by atoms with Crippen molar-refractivity contribution in [3.05, 3.63) is 52.4 Å². The third-order valence-corrected chi connectivity index (χ3v) is 4.37. The molecule has 1 aliphatic heterocycles. The Bertz CT molecular complexity index is 742. The van der Waals surface area contributed by atoms with Crippen LogP contribution in [0.5, 0.6) is 0 Å². The predicted molar refractivity (Wildman–Crippen MR) is 93.7 cm³/mol. The molecule has 3 rings (SSSR count). The second-order valence-electron chi connectivity index (χ2n) is 5.82. The van der Waals surface area contributed by atoms with Gasteiger partial charge in [-0.15, -0.1) is 0 Å². The Hall–Kier alpha value is -2.12. The second kappa shape index (κ2) is 7.19. The molecule has 0 radical (unpaired) electrons. The molecule has 126 valence electrons. The monoisotopic (exact) mass is 391 g/mol. The van der Waals surface area contributed by atoms with Gasteiger partial charge in [-0.05, 0) is 52.2 Å². The number of benzene rings is 1. The van der Waals surface area contributed by atoms with Crippen molar-refractivity contribution in [2.24, 2.45) is 5.73 Å². The highest BCUT2D eigenvalue weighted by molar-refractivity contribution is 9.10. The van der Waals surface area contributed by atoms with Crippen molar-refractivity contribution in [1.82, 2.24) is 4.90 Å². The maximum Gasteiger partial charge on any atom is 0.291 e. The Morgan fingerprint density at radius 1 is 1.25 bits per heavy atom. The number of nitrogens with two attached hydrogens (primary N) is 1. The molecule has 1 atom stereocenters. The van der Waals surface area contributed by atoms with Crippen molar-refractivity contribution in [2.75, 3.05) is 18.4 Å². The average molecular weight is 392 g/mol. The Morgan fingerprint density at radius 3 is 2.58 bits per heavy atom. The van der Waals surface area contributed by atoms with Gasteiger partial charge >= 0.3 is 0 Å². The van der Waals surface area contributed by atoms with Crippen molar-refractivity contribution in [2.45, 2.75) is 18.9 Å². The summed E-state index contributed by atoms with van der Waals surface area (Å²) in [4.78, 5) is 26.0. The van der Waals surface area contributed by atoms with Gasteiger partial charge in [0.1, 0.15) is 0 Å². The van der Waals surface area contributed by atoms with Gasteiger partial charge in [0.05, 0.1) is 6.42 Å². The zero-order valence-corrected chi connectivity index (χ0v) is 14.6. The number of halogens is 1. The molecule has 6 nitrogen and oxygen atoms in total. The third-order valence-electron chi connectivity index (χ3n) is 3.94. The number of rotatable bonds is 4. The maximum atomic E-state index is 12.2. The largest absolute Gasteiger partial charge is 0.444 e. The Labute approximate surface area is 148 Å². The normalized spacial score (nSPS) is 17.1. The van der Waals surface area contributed by atoms with E-state index in [-0.39, 0.29) is 23.6 Å². The minimum absolute atomic E-state index is 0.0835. The predicted octanol–water partition coefficient (Wildman–Crippen LogP) is 2.40. The molecule has 1 aromatic heterocycles. The average Bonchev–Trinajstić information content (AvgIpc) is 3.18. The molecule has 2 amide bonds. The molecule has 2 heterocycles. The van der Waals surface area contributed by atoms with Crippen LogP contribution in [0.1, 0.15) is 22.5 Å². The highest BCUT2D eigenvalue weighted by Gasteiger charge is 2.23. The van der Waals surface area contributed by atoms with Crippen molar-refractivity contribution in [3.8, 4) is 0 Å². The molecule has 0 saturated carbocycles. The van der Waals surface area contributed by atoms with Crippen molar-refractivity contribution in [1.29, 1.82) is 0 Å². The topological polar surface area (TPSA) is 88.6 Å². The fourth-order valence-electron chi connectivity index (χ4n) is 2.64. The minimum Gasteiger partial charge on any atom is -0.444 e. The Morgan fingerprint density at radius 2 is 2.00 bits per heavy atom. The van der Waals surface area contributed by atoms with Gasteiger partial charge in [0.15, 0.2) is 10.4 Å². The van der Waals surface area contributed by atoms with Crippen LogP contribution in [0.15, 0.2) is 45.5 Å². The van der Waals surface area contributed by atoms with Gasteiger partial charge in [-0.25, -0.2) is 0 Å². The van der Waals surface area contributed by atoms with E-state index in [0.29, 0.717) is 23.3 Å². The van der Waals surface area contributed by atoms with Crippen molar-refractivity contribution >= 4 is 33.4 Å². The van der Waals surface area contributed by atoms with E-state index >= 15 is 0 Å². The molecule has 0 bridgehead atoms. The van der Waals surface area contributed by atoms with Crippen LogP contribution in [0.25, 0.3) is 0 Å². The molecule has 1 aromatic carbocycles. The number of carbonyl (C=O) groups excluding carboxylic acids is 2. The summed E-state index contributed by atoms with van der Waals surface area (Å²) >= 11 is 3.16. The summed E-state index contributed by atoms with van der Waals surface area (Å²) in [6.07, 6.45) is 1.20. The van der Waals surface area contributed by atoms with E-state index in [1.54, 1.807) is 29.2 Å². The number of carbonyl (C=O) groups is 2. The first-order valence-electron chi connectivity index (χ1n) is 7.70. The van der Waals surface area contributed by atoms with Gasteiger partial charge in [-0.3, -0.25) is 9.59 Å². The number of likely N-dealkylation sites (tertiary alicyclic amines) is 1. The first-order chi connectivity index (χ1) is 11.5. The van der Waals surface area contributed by atoms with Gasteiger partial charge in [-0.2, -0.15) is 0 Å². The Kier molecular flexibility index (Phi) is 5.01. The molecule has 2 aromatic rings. The summed E-state index contributed by atoms with van der Waals surface area (Å²) in [6, 6.07) is 10.6. The summed E-state index contributed by atoms with van der Waals surface area (Å²) in [5.74, 6) is -0.0118. The van der Waals surface area contributed by atoms with Crippen LogP contribution in [0.2, 0.25) is 0 Å². The maximum absolute atomic E-state index is 12.2. The van der Waals surface area contributed by atoms with Crippen molar-refractivity contribution < 1.29 is 14.0 Å². The van der Waals surface area contributed by atoms with Crippen LogP contribution in [0.4, 0.5) is 5.69 Å². The molecule has 0 spiro atoms. The smallest absolute Gasteiger partial charge is 0.291 e. The summed E-state index contributed by atoms with van der Waals surface area (Å²) in [7, 11) is 0. The number of hydrogen-bond acceptors (Lipinski definition) is 4. The molecule has 0 aliphatic carbocycles. The molecule has 0 unspecified atom stereocenters. The molecule has 1 aliphatic rings. The summed E-state index contributed by atoms with van der Waals surface area (Å²) in [6.45, 7) is 1.36. The quantitative estimate of drug-likeness (QED) is 0.837. The summed E-state index contributed by atoms with van der Waals surface area (Å²) < 4.78 is 5.71. The van der Waals surface area contributed by atoms with E-state index in [1.807, 2.05) is 12.1 Å². The SMILES string of the molecule is N[C@@H]1CCN(C(=O)Cc2ccc(NC(=O)c3ccc(Br)o3)cc2)C1. The molecular formula is C17H18BrN3O3. The first kappa shape index (κ1) is 16.7. The lowest BCUT2D eigenvalue weighted by molar-refractivity contribution is -0.129. The fraction of sp³-hybridized carbons (Fsp3) is 0.294. The van der Waals surface area contributed by atoms with Crippen LogP contribution in [0.3, 0.4) is 0 Å². The van der Waals surface area contributed by atoms with Gasteiger partial charge in [0, 0.05) is 24.8 Å². The highest BCUT2D eigenvalue weighted by Crippen LogP contribution is 2.17. The molecule has 1 saturated heterocycles. The van der Waals surface area contributed by atoms with Crippen LogP contribution < -0.4 is 11.1 Å². The van der Waals surface area contributed by atoms with E-state index in [0.717, 1.165) is 18.5 Å². The van der Waals surface area contributed by atoms with Gasteiger partial charge in [-0.1, -0.05) is 12.1 Å². The molecule has 7 heteroatoms. The van der Waals surface area contributed by atoms with Crippen LogP contribution >= 0.6 is 15.9 Å². The van der Waals surface area contributed by atoms with E-state index in [4.69, 9.17) is 10.2 Å². The molecule has 1 fully saturated rings. The van der Waals surface area contributed by atoms with Crippen LogP contribution in [-0.2, 0) is 11.2 Å².